The largest absolute Gasteiger partial charge is 0.507 e. The van der Waals surface area contributed by atoms with E-state index in [0.717, 1.165) is 24.3 Å². The first-order valence-electron chi connectivity index (χ1n) is 5.63. The van der Waals surface area contributed by atoms with E-state index in [0.29, 0.717) is 0 Å². The number of carbonyl (C=O) groups excluding carboxylic acids is 1. The van der Waals surface area contributed by atoms with E-state index in [-0.39, 0.29) is 5.69 Å². The van der Waals surface area contributed by atoms with Crippen molar-refractivity contribution in [2.75, 3.05) is 5.32 Å². The number of phenolic OH excluding ortho intramolecular Hbond substituents is 1. The molecule has 0 heterocycles. The molecule has 21 heavy (non-hydrogen) atoms. The Morgan fingerprint density at radius 3 is 2.38 bits per heavy atom. The molecule has 0 saturated carbocycles. The van der Waals surface area contributed by atoms with Crippen LogP contribution < -0.4 is 5.32 Å². The van der Waals surface area contributed by atoms with Gasteiger partial charge in [-0.2, -0.15) is 8.42 Å². The molecule has 0 aliphatic rings. The van der Waals surface area contributed by atoms with Gasteiger partial charge in [-0.3, -0.25) is 4.79 Å². The SMILES string of the molecule is O=C(Nc1ccccc1S(=O)(=O)F)c1c(O)cccc1F. The number of hydrogen-bond donors (Lipinski definition) is 2. The summed E-state index contributed by atoms with van der Waals surface area (Å²) < 4.78 is 48.5. The van der Waals surface area contributed by atoms with Crippen molar-refractivity contribution >= 4 is 21.8 Å². The maximum Gasteiger partial charge on any atom is 0.334 e. The van der Waals surface area contributed by atoms with Crippen molar-refractivity contribution in [3.63, 3.8) is 0 Å². The molecule has 0 fully saturated rings. The normalized spacial score (nSPS) is 11.1. The standard InChI is InChI=1S/C13H9F2NO4S/c14-8-4-3-6-10(17)12(8)13(18)16-9-5-1-2-7-11(9)21(15,19)20/h1-7,17H,(H,16,18). The monoisotopic (exact) mass is 313 g/mol. The minimum Gasteiger partial charge on any atom is -0.507 e. The number of halogens is 2. The quantitative estimate of drug-likeness (QED) is 0.853. The van der Waals surface area contributed by atoms with E-state index in [1.54, 1.807) is 0 Å². The van der Waals surface area contributed by atoms with Crippen LogP contribution in [0, 0.1) is 5.82 Å². The zero-order chi connectivity index (χ0) is 15.6. The Kier molecular flexibility index (Phi) is 3.90. The smallest absolute Gasteiger partial charge is 0.334 e. The maximum absolute atomic E-state index is 13.5. The fourth-order valence-electron chi connectivity index (χ4n) is 1.70. The van der Waals surface area contributed by atoms with Gasteiger partial charge in [0.15, 0.2) is 0 Å². The minimum atomic E-state index is -5.05. The Labute approximate surface area is 119 Å². The summed E-state index contributed by atoms with van der Waals surface area (Å²) in [6.45, 7) is 0. The lowest BCUT2D eigenvalue weighted by Crippen LogP contribution is -2.15. The van der Waals surface area contributed by atoms with Gasteiger partial charge in [-0.25, -0.2) is 4.39 Å². The van der Waals surface area contributed by atoms with Gasteiger partial charge < -0.3 is 10.4 Å². The lowest BCUT2D eigenvalue weighted by molar-refractivity contribution is 0.102. The summed E-state index contributed by atoms with van der Waals surface area (Å²) in [6, 6.07) is 7.96. The molecule has 0 aliphatic carbocycles. The first kappa shape index (κ1) is 14.9. The van der Waals surface area contributed by atoms with Crippen LogP contribution in [0.15, 0.2) is 47.4 Å². The van der Waals surface area contributed by atoms with E-state index in [4.69, 9.17) is 0 Å². The van der Waals surface area contributed by atoms with Crippen molar-refractivity contribution in [3.05, 3.63) is 53.8 Å². The number of anilines is 1. The number of phenols is 1. The van der Waals surface area contributed by atoms with Crippen LogP contribution >= 0.6 is 0 Å². The third kappa shape index (κ3) is 3.16. The van der Waals surface area contributed by atoms with Crippen LogP contribution in [-0.4, -0.2) is 19.4 Å². The van der Waals surface area contributed by atoms with Gasteiger partial charge in [-0.15, -0.1) is 3.89 Å². The first-order chi connectivity index (χ1) is 9.80. The molecule has 0 aliphatic heterocycles. The number of para-hydroxylation sites is 1. The fourth-order valence-corrected chi connectivity index (χ4v) is 2.33. The van der Waals surface area contributed by atoms with E-state index in [1.165, 1.54) is 18.2 Å². The molecule has 2 aromatic rings. The Balaban J connectivity index is 2.42. The Morgan fingerprint density at radius 1 is 1.10 bits per heavy atom. The molecule has 0 unspecified atom stereocenters. The highest BCUT2D eigenvalue weighted by molar-refractivity contribution is 7.86. The first-order valence-corrected chi connectivity index (χ1v) is 7.01. The third-order valence-electron chi connectivity index (χ3n) is 2.62. The van der Waals surface area contributed by atoms with Crippen molar-refractivity contribution in [1.29, 1.82) is 0 Å². The van der Waals surface area contributed by atoms with Crippen LogP contribution in [0.25, 0.3) is 0 Å². The number of carbonyl (C=O) groups is 1. The Morgan fingerprint density at radius 2 is 1.76 bits per heavy atom. The van der Waals surface area contributed by atoms with Crippen LogP contribution in [0.3, 0.4) is 0 Å². The second-order valence-corrected chi connectivity index (χ2v) is 5.34. The molecule has 2 rings (SSSR count). The zero-order valence-corrected chi connectivity index (χ0v) is 11.2. The summed E-state index contributed by atoms with van der Waals surface area (Å²) in [7, 11) is -5.05. The van der Waals surface area contributed by atoms with E-state index < -0.39 is 38.2 Å². The van der Waals surface area contributed by atoms with Gasteiger partial charge >= 0.3 is 10.2 Å². The van der Waals surface area contributed by atoms with E-state index in [9.17, 15) is 26.6 Å². The number of amides is 1. The summed E-state index contributed by atoms with van der Waals surface area (Å²) in [4.78, 5) is 11.2. The van der Waals surface area contributed by atoms with Crippen LogP contribution in [0.2, 0.25) is 0 Å². The van der Waals surface area contributed by atoms with Gasteiger partial charge in [0.2, 0.25) is 0 Å². The van der Waals surface area contributed by atoms with Crippen LogP contribution in [0.4, 0.5) is 14.0 Å². The highest BCUT2D eigenvalue weighted by atomic mass is 32.3. The topological polar surface area (TPSA) is 83.5 Å². The maximum atomic E-state index is 13.5. The molecule has 0 bridgehead atoms. The molecule has 5 nitrogen and oxygen atoms in total. The average Bonchev–Trinajstić information content (AvgIpc) is 2.37. The number of benzene rings is 2. The lowest BCUT2D eigenvalue weighted by Gasteiger charge is -2.09. The molecule has 0 saturated heterocycles. The molecule has 0 aromatic heterocycles. The average molecular weight is 313 g/mol. The summed E-state index contributed by atoms with van der Waals surface area (Å²) in [5.41, 5.74) is -1.02. The van der Waals surface area contributed by atoms with Gasteiger partial charge in [0.1, 0.15) is 22.0 Å². The number of nitrogens with one attached hydrogen (secondary N) is 1. The molecule has 0 spiro atoms. The van der Waals surface area contributed by atoms with Crippen molar-refractivity contribution in [2.45, 2.75) is 4.90 Å². The van der Waals surface area contributed by atoms with Crippen LogP contribution in [-0.2, 0) is 10.2 Å². The number of hydrogen-bond acceptors (Lipinski definition) is 4. The van der Waals surface area contributed by atoms with Gasteiger partial charge in [-0.1, -0.05) is 18.2 Å². The molecular formula is C13H9F2NO4S. The predicted molar refractivity (Wildman–Crippen MR) is 70.8 cm³/mol. The highest BCUT2D eigenvalue weighted by Crippen LogP contribution is 2.25. The Hall–Kier alpha value is -2.48. The summed E-state index contributed by atoms with van der Waals surface area (Å²) in [6.07, 6.45) is 0. The molecule has 0 radical (unpaired) electrons. The van der Waals surface area contributed by atoms with Crippen molar-refractivity contribution < 1.29 is 26.6 Å². The van der Waals surface area contributed by atoms with E-state index in [2.05, 4.69) is 5.32 Å². The molecule has 110 valence electrons. The van der Waals surface area contributed by atoms with Crippen LogP contribution in [0.1, 0.15) is 10.4 Å². The van der Waals surface area contributed by atoms with Crippen molar-refractivity contribution in [2.24, 2.45) is 0 Å². The van der Waals surface area contributed by atoms with Gasteiger partial charge in [0.25, 0.3) is 5.91 Å². The molecule has 0 atom stereocenters. The third-order valence-corrected chi connectivity index (χ3v) is 3.50. The summed E-state index contributed by atoms with van der Waals surface area (Å²) in [5.74, 6) is -2.71. The van der Waals surface area contributed by atoms with Crippen molar-refractivity contribution in [3.8, 4) is 5.75 Å². The molecule has 2 N–H and O–H groups in total. The van der Waals surface area contributed by atoms with Gasteiger partial charge in [-0.05, 0) is 24.3 Å². The van der Waals surface area contributed by atoms with E-state index >= 15 is 0 Å². The fraction of sp³-hybridized carbons (Fsp3) is 0. The predicted octanol–water partition coefficient (Wildman–Crippen LogP) is 2.44. The van der Waals surface area contributed by atoms with Gasteiger partial charge in [0, 0.05) is 0 Å². The van der Waals surface area contributed by atoms with E-state index in [1.807, 2.05) is 0 Å². The summed E-state index contributed by atoms with van der Waals surface area (Å²) >= 11 is 0. The number of rotatable bonds is 3. The highest BCUT2D eigenvalue weighted by Gasteiger charge is 2.21. The molecule has 1 amide bonds. The second kappa shape index (κ2) is 5.49. The lowest BCUT2D eigenvalue weighted by atomic mass is 10.1. The van der Waals surface area contributed by atoms with Gasteiger partial charge in [0.05, 0.1) is 5.69 Å². The Bertz CT molecular complexity index is 785. The minimum absolute atomic E-state index is 0.354. The molecule has 2 aromatic carbocycles. The molecule has 8 heteroatoms. The number of aromatic hydroxyl groups is 1. The summed E-state index contributed by atoms with van der Waals surface area (Å²) in [5, 5.41) is 11.5. The van der Waals surface area contributed by atoms with Crippen molar-refractivity contribution in [1.82, 2.24) is 0 Å². The second-order valence-electron chi connectivity index (χ2n) is 4.02. The molecular weight excluding hydrogens is 304 g/mol. The zero-order valence-electron chi connectivity index (χ0n) is 10.4. The van der Waals surface area contributed by atoms with Crippen LogP contribution in [0.5, 0.6) is 5.75 Å².